The number of nitrogens with one attached hydrogen (secondary N) is 1. The predicted molar refractivity (Wildman–Crippen MR) is 67.5 cm³/mol. The largest absolute Gasteiger partial charge is 0.378 e. The van der Waals surface area contributed by atoms with Crippen LogP contribution in [0.2, 0.25) is 0 Å². The van der Waals surface area contributed by atoms with E-state index in [4.69, 9.17) is 4.74 Å². The Balaban J connectivity index is 1.78. The van der Waals surface area contributed by atoms with Gasteiger partial charge in [-0.3, -0.25) is 5.32 Å². The molecule has 1 N–H and O–H groups in total. The van der Waals surface area contributed by atoms with Crippen molar-refractivity contribution in [1.82, 2.24) is 5.32 Å². The topological polar surface area (TPSA) is 45.0 Å². The normalized spacial score (nSPS) is 23.4. The Bertz CT molecular complexity index is 289. The molecule has 17 heavy (non-hydrogen) atoms. The highest BCUT2D eigenvalue weighted by atomic mass is 16.5. The highest BCUT2D eigenvalue weighted by Crippen LogP contribution is 2.40. The lowest BCUT2D eigenvalue weighted by molar-refractivity contribution is 0.0733. The molecule has 0 aliphatic heterocycles. The van der Waals surface area contributed by atoms with E-state index in [1.54, 1.807) is 0 Å². The van der Waals surface area contributed by atoms with E-state index in [-0.39, 0.29) is 0 Å². The molecule has 0 bridgehead atoms. The second-order valence-corrected chi connectivity index (χ2v) is 5.94. The molecule has 1 atom stereocenters. The molecule has 2 saturated carbocycles. The fraction of sp³-hybridized carbons (Fsp3) is 0.929. The van der Waals surface area contributed by atoms with Crippen LogP contribution in [0.3, 0.4) is 0 Å². The maximum Gasteiger partial charge on any atom is 0.133 e. The fourth-order valence-electron chi connectivity index (χ4n) is 2.41. The van der Waals surface area contributed by atoms with Crippen molar-refractivity contribution < 1.29 is 4.74 Å². The number of rotatable bonds is 8. The van der Waals surface area contributed by atoms with Crippen molar-refractivity contribution in [3.05, 3.63) is 0 Å². The van der Waals surface area contributed by atoms with Crippen molar-refractivity contribution in [3.63, 3.8) is 0 Å². The van der Waals surface area contributed by atoms with Crippen molar-refractivity contribution in [2.75, 3.05) is 13.2 Å². The van der Waals surface area contributed by atoms with Gasteiger partial charge in [-0.2, -0.15) is 5.26 Å². The quantitative estimate of drug-likeness (QED) is 0.658. The third-order valence-electron chi connectivity index (χ3n) is 3.72. The molecule has 0 radical (unpaired) electrons. The minimum absolute atomic E-state index is 0.335. The maximum absolute atomic E-state index is 9.46. The summed E-state index contributed by atoms with van der Waals surface area (Å²) in [5, 5.41) is 12.9. The van der Waals surface area contributed by atoms with Gasteiger partial charge in [-0.1, -0.05) is 12.8 Å². The Labute approximate surface area is 105 Å². The van der Waals surface area contributed by atoms with E-state index >= 15 is 0 Å². The van der Waals surface area contributed by atoms with E-state index in [1.807, 2.05) is 0 Å². The Kier molecular flexibility index (Phi) is 4.06. The predicted octanol–water partition coefficient (Wildman–Crippen LogP) is 2.47. The standard InChI is InChI=1S/C14H24N2O/c1-11(2)16-14(9-15,13-5-6-13)10-17-8-7-12-3-4-12/h11-13,16H,3-8,10H2,1-2H3. The molecule has 2 rings (SSSR count). The molecule has 0 heterocycles. The van der Waals surface area contributed by atoms with Crippen LogP contribution in [-0.4, -0.2) is 24.8 Å². The molecule has 0 spiro atoms. The van der Waals surface area contributed by atoms with Gasteiger partial charge >= 0.3 is 0 Å². The maximum atomic E-state index is 9.46. The van der Waals surface area contributed by atoms with Gasteiger partial charge in [-0.25, -0.2) is 0 Å². The summed E-state index contributed by atoms with van der Waals surface area (Å²) in [6, 6.07) is 2.81. The zero-order chi connectivity index (χ0) is 12.3. The second-order valence-electron chi connectivity index (χ2n) is 5.94. The minimum Gasteiger partial charge on any atom is -0.378 e. The molecule has 0 aromatic carbocycles. The van der Waals surface area contributed by atoms with Crippen LogP contribution in [0.25, 0.3) is 0 Å². The average Bonchev–Trinajstić information content (AvgIpc) is 3.15. The SMILES string of the molecule is CC(C)NC(C#N)(COCCC1CC1)C1CC1. The first kappa shape index (κ1) is 12.9. The highest BCUT2D eigenvalue weighted by Gasteiger charge is 2.46. The van der Waals surface area contributed by atoms with Gasteiger partial charge in [0, 0.05) is 12.6 Å². The number of nitriles is 1. The summed E-state index contributed by atoms with van der Waals surface area (Å²) < 4.78 is 5.76. The summed E-state index contributed by atoms with van der Waals surface area (Å²) in [5.74, 6) is 1.40. The van der Waals surface area contributed by atoms with E-state index in [0.717, 1.165) is 12.5 Å². The lowest BCUT2D eigenvalue weighted by atomic mass is 9.95. The van der Waals surface area contributed by atoms with Gasteiger partial charge in [0.05, 0.1) is 12.7 Å². The van der Waals surface area contributed by atoms with Crippen molar-refractivity contribution in [3.8, 4) is 6.07 Å². The zero-order valence-corrected chi connectivity index (χ0v) is 11.0. The van der Waals surface area contributed by atoms with Crippen LogP contribution in [0.15, 0.2) is 0 Å². The third kappa shape index (κ3) is 3.69. The second kappa shape index (κ2) is 5.37. The molecule has 3 heteroatoms. The Morgan fingerprint density at radius 2 is 2.06 bits per heavy atom. The van der Waals surface area contributed by atoms with Gasteiger partial charge in [0.25, 0.3) is 0 Å². The first-order chi connectivity index (χ1) is 8.16. The summed E-state index contributed by atoms with van der Waals surface area (Å²) in [7, 11) is 0. The summed E-state index contributed by atoms with van der Waals surface area (Å²) in [5.41, 5.74) is -0.433. The van der Waals surface area contributed by atoms with Crippen molar-refractivity contribution in [2.24, 2.45) is 11.8 Å². The number of nitrogens with zero attached hydrogens (tertiary/aromatic N) is 1. The smallest absolute Gasteiger partial charge is 0.133 e. The lowest BCUT2D eigenvalue weighted by Gasteiger charge is -2.30. The first-order valence-corrected chi connectivity index (χ1v) is 6.93. The average molecular weight is 236 g/mol. The number of ether oxygens (including phenoxy) is 1. The molecule has 2 aliphatic carbocycles. The molecule has 0 saturated heterocycles. The summed E-state index contributed by atoms with van der Waals surface area (Å²) in [6.07, 6.45) is 6.26. The van der Waals surface area contributed by atoms with E-state index < -0.39 is 5.54 Å². The molecule has 0 aromatic rings. The van der Waals surface area contributed by atoms with Crippen LogP contribution in [0.5, 0.6) is 0 Å². The molecule has 2 aliphatic rings. The Hall–Kier alpha value is -0.590. The molecular weight excluding hydrogens is 212 g/mol. The van der Waals surface area contributed by atoms with Gasteiger partial charge in [0.15, 0.2) is 0 Å². The first-order valence-electron chi connectivity index (χ1n) is 6.93. The number of hydrogen-bond acceptors (Lipinski definition) is 3. The molecule has 0 amide bonds. The van der Waals surface area contributed by atoms with Crippen LogP contribution in [0.1, 0.15) is 46.0 Å². The van der Waals surface area contributed by atoms with Crippen molar-refractivity contribution in [1.29, 1.82) is 5.26 Å². The van der Waals surface area contributed by atoms with Gasteiger partial charge in [-0.15, -0.1) is 0 Å². The molecule has 2 fully saturated rings. The lowest BCUT2D eigenvalue weighted by Crippen LogP contribution is -2.53. The Morgan fingerprint density at radius 3 is 2.53 bits per heavy atom. The van der Waals surface area contributed by atoms with E-state index in [2.05, 4.69) is 25.2 Å². The van der Waals surface area contributed by atoms with Crippen LogP contribution in [0.4, 0.5) is 0 Å². The molecule has 1 unspecified atom stereocenters. The third-order valence-corrected chi connectivity index (χ3v) is 3.72. The monoisotopic (exact) mass is 236 g/mol. The van der Waals surface area contributed by atoms with Crippen molar-refractivity contribution >= 4 is 0 Å². The van der Waals surface area contributed by atoms with E-state index in [9.17, 15) is 5.26 Å². The number of hydrogen-bond donors (Lipinski definition) is 1. The summed E-state index contributed by atoms with van der Waals surface area (Å²) in [6.45, 7) is 5.57. The zero-order valence-electron chi connectivity index (χ0n) is 11.0. The molecular formula is C14H24N2O. The van der Waals surface area contributed by atoms with Crippen LogP contribution in [-0.2, 0) is 4.74 Å². The fourth-order valence-corrected chi connectivity index (χ4v) is 2.41. The van der Waals surface area contributed by atoms with Gasteiger partial charge in [0.2, 0.25) is 0 Å². The summed E-state index contributed by atoms with van der Waals surface area (Å²) >= 11 is 0. The van der Waals surface area contributed by atoms with Gasteiger partial charge < -0.3 is 4.74 Å². The summed E-state index contributed by atoms with van der Waals surface area (Å²) in [4.78, 5) is 0. The van der Waals surface area contributed by atoms with E-state index in [0.29, 0.717) is 18.6 Å². The molecule has 96 valence electrons. The van der Waals surface area contributed by atoms with Crippen LogP contribution < -0.4 is 5.32 Å². The van der Waals surface area contributed by atoms with Crippen molar-refractivity contribution in [2.45, 2.75) is 57.5 Å². The van der Waals surface area contributed by atoms with Crippen LogP contribution in [0, 0.1) is 23.2 Å². The molecule has 3 nitrogen and oxygen atoms in total. The van der Waals surface area contributed by atoms with Gasteiger partial charge in [0.1, 0.15) is 5.54 Å². The minimum atomic E-state index is -0.433. The Morgan fingerprint density at radius 1 is 1.35 bits per heavy atom. The van der Waals surface area contributed by atoms with E-state index in [1.165, 1.54) is 32.1 Å². The molecule has 0 aromatic heterocycles. The highest BCUT2D eigenvalue weighted by molar-refractivity contribution is 5.16. The van der Waals surface area contributed by atoms with Crippen LogP contribution >= 0.6 is 0 Å². The van der Waals surface area contributed by atoms with Gasteiger partial charge in [-0.05, 0) is 44.9 Å².